The number of anilines is 1. The number of amides is 1. The minimum absolute atomic E-state index is 0.224. The number of ether oxygens (including phenoxy) is 1. The smallest absolute Gasteiger partial charge is 0.416 e. The SMILES string of the molecule is CCC1(CC)C[C@@H](NC(=O)CN(c2cc(C(F)(F)F)ccc2Cl)S(C)(=O)=O)c2ccccc2O1. The van der Waals surface area contributed by atoms with Crippen LogP contribution < -0.4 is 14.4 Å². The minimum Gasteiger partial charge on any atom is -0.487 e. The number of benzene rings is 2. The summed E-state index contributed by atoms with van der Waals surface area (Å²) in [5.41, 5.74) is -1.25. The molecule has 0 bridgehead atoms. The summed E-state index contributed by atoms with van der Waals surface area (Å²) in [6, 6.07) is 9.11. The minimum atomic E-state index is -4.71. The lowest BCUT2D eigenvalue weighted by atomic mass is 9.83. The molecule has 0 saturated carbocycles. The average Bonchev–Trinajstić information content (AvgIpc) is 2.76. The van der Waals surface area contributed by atoms with Crippen molar-refractivity contribution in [3.63, 3.8) is 0 Å². The van der Waals surface area contributed by atoms with Crippen LogP contribution in [0.15, 0.2) is 42.5 Å². The van der Waals surface area contributed by atoms with E-state index >= 15 is 0 Å². The van der Waals surface area contributed by atoms with E-state index in [-0.39, 0.29) is 5.02 Å². The average molecular weight is 519 g/mol. The normalized spacial score (nSPS) is 17.4. The van der Waals surface area contributed by atoms with Gasteiger partial charge in [-0.2, -0.15) is 13.2 Å². The zero-order valence-corrected chi connectivity index (χ0v) is 20.5. The van der Waals surface area contributed by atoms with Crippen LogP contribution in [0, 0.1) is 0 Å². The summed E-state index contributed by atoms with van der Waals surface area (Å²) >= 11 is 6.04. The second kappa shape index (κ2) is 9.65. The van der Waals surface area contributed by atoms with E-state index in [1.165, 1.54) is 0 Å². The van der Waals surface area contributed by atoms with Gasteiger partial charge in [0.25, 0.3) is 0 Å². The fraction of sp³-hybridized carbons (Fsp3) is 0.435. The molecule has 11 heteroatoms. The first-order valence-electron chi connectivity index (χ1n) is 10.7. The van der Waals surface area contributed by atoms with Gasteiger partial charge >= 0.3 is 6.18 Å². The van der Waals surface area contributed by atoms with Crippen LogP contribution in [0.1, 0.15) is 50.3 Å². The molecule has 0 fully saturated rings. The molecule has 186 valence electrons. The number of rotatable bonds is 7. The summed E-state index contributed by atoms with van der Waals surface area (Å²) in [5.74, 6) is -0.0506. The molecule has 1 heterocycles. The first-order chi connectivity index (χ1) is 15.8. The van der Waals surface area contributed by atoms with Crippen molar-refractivity contribution in [1.82, 2.24) is 5.32 Å². The number of nitrogens with one attached hydrogen (secondary N) is 1. The molecular weight excluding hydrogens is 493 g/mol. The zero-order chi connectivity index (χ0) is 25.3. The fourth-order valence-corrected chi connectivity index (χ4v) is 5.19. The van der Waals surface area contributed by atoms with Crippen molar-refractivity contribution in [2.24, 2.45) is 0 Å². The lowest BCUT2D eigenvalue weighted by Crippen LogP contribution is -2.47. The Hall–Kier alpha value is -2.46. The highest BCUT2D eigenvalue weighted by molar-refractivity contribution is 7.92. The van der Waals surface area contributed by atoms with Gasteiger partial charge in [-0.25, -0.2) is 8.42 Å². The van der Waals surface area contributed by atoms with Gasteiger partial charge in [-0.1, -0.05) is 43.6 Å². The first-order valence-corrected chi connectivity index (χ1v) is 12.9. The molecule has 0 saturated heterocycles. The number of sulfonamides is 1. The van der Waals surface area contributed by atoms with Gasteiger partial charge in [0.15, 0.2) is 0 Å². The summed E-state index contributed by atoms with van der Waals surface area (Å²) in [4.78, 5) is 13.0. The second-order valence-corrected chi connectivity index (χ2v) is 10.6. The second-order valence-electron chi connectivity index (χ2n) is 8.29. The molecule has 0 aliphatic carbocycles. The predicted octanol–water partition coefficient (Wildman–Crippen LogP) is 5.32. The standard InChI is InChI=1S/C23H26ClF3N2O4S/c1-4-22(5-2)13-18(16-8-6-7-9-20(16)33-22)28-21(30)14-29(34(3,31)32)19-12-15(23(25,26)27)10-11-17(19)24/h6-12,18H,4-5,13-14H2,1-3H3,(H,28,30)/t18-/m1/s1. The third-order valence-electron chi connectivity index (χ3n) is 6.05. The Kier molecular flexibility index (Phi) is 7.43. The highest BCUT2D eigenvalue weighted by Gasteiger charge is 2.39. The molecule has 0 aromatic heterocycles. The lowest BCUT2D eigenvalue weighted by molar-refractivity contribution is -0.137. The number of carbonyl (C=O) groups excluding carboxylic acids is 1. The zero-order valence-electron chi connectivity index (χ0n) is 18.9. The Morgan fingerprint density at radius 3 is 2.44 bits per heavy atom. The van der Waals surface area contributed by atoms with Gasteiger partial charge in [-0.05, 0) is 37.1 Å². The van der Waals surface area contributed by atoms with Crippen LogP contribution in [0.4, 0.5) is 18.9 Å². The number of fused-ring (bicyclic) bond motifs is 1. The van der Waals surface area contributed by atoms with Crippen molar-refractivity contribution < 1.29 is 31.1 Å². The number of alkyl halides is 3. The van der Waals surface area contributed by atoms with Gasteiger partial charge in [0.1, 0.15) is 17.9 Å². The van der Waals surface area contributed by atoms with E-state index in [2.05, 4.69) is 5.32 Å². The quantitative estimate of drug-likeness (QED) is 0.538. The largest absolute Gasteiger partial charge is 0.487 e. The summed E-state index contributed by atoms with van der Waals surface area (Å²) in [7, 11) is -4.14. The topological polar surface area (TPSA) is 75.7 Å². The van der Waals surface area contributed by atoms with Crippen LogP contribution in [-0.2, 0) is 21.0 Å². The van der Waals surface area contributed by atoms with Crippen molar-refractivity contribution in [3.05, 3.63) is 58.6 Å². The summed E-state index contributed by atoms with van der Waals surface area (Å²) in [6.45, 7) is 3.24. The van der Waals surface area contributed by atoms with E-state index in [0.29, 0.717) is 35.4 Å². The van der Waals surface area contributed by atoms with E-state index < -0.39 is 51.5 Å². The van der Waals surface area contributed by atoms with Gasteiger partial charge in [-0.3, -0.25) is 9.10 Å². The molecule has 2 aromatic carbocycles. The maximum atomic E-state index is 13.2. The van der Waals surface area contributed by atoms with E-state index in [4.69, 9.17) is 16.3 Å². The fourth-order valence-electron chi connectivity index (χ4n) is 4.06. The Morgan fingerprint density at radius 1 is 1.21 bits per heavy atom. The monoisotopic (exact) mass is 518 g/mol. The van der Waals surface area contributed by atoms with Crippen molar-refractivity contribution in [1.29, 1.82) is 0 Å². The number of halogens is 4. The maximum Gasteiger partial charge on any atom is 0.416 e. The molecule has 2 aromatic rings. The predicted molar refractivity (Wildman–Crippen MR) is 125 cm³/mol. The van der Waals surface area contributed by atoms with E-state index in [1.807, 2.05) is 26.0 Å². The van der Waals surface area contributed by atoms with Crippen LogP contribution in [-0.4, -0.2) is 32.7 Å². The molecule has 0 radical (unpaired) electrons. The molecule has 1 amide bonds. The van der Waals surface area contributed by atoms with Crippen LogP contribution in [0.5, 0.6) is 5.75 Å². The van der Waals surface area contributed by atoms with Crippen LogP contribution >= 0.6 is 11.6 Å². The van der Waals surface area contributed by atoms with Gasteiger partial charge in [0.2, 0.25) is 15.9 Å². The van der Waals surface area contributed by atoms with Gasteiger partial charge in [0, 0.05) is 12.0 Å². The molecule has 1 N–H and O–H groups in total. The summed E-state index contributed by atoms with van der Waals surface area (Å²) in [6.07, 6.45) is -2.05. The van der Waals surface area contributed by atoms with Crippen molar-refractivity contribution >= 4 is 33.2 Å². The number of para-hydroxylation sites is 1. The Bertz CT molecular complexity index is 1170. The Labute approximate surface area is 202 Å². The molecule has 0 unspecified atom stereocenters. The molecular formula is C23H26ClF3N2O4S. The van der Waals surface area contributed by atoms with Crippen molar-refractivity contribution in [3.8, 4) is 5.75 Å². The van der Waals surface area contributed by atoms with Gasteiger partial charge < -0.3 is 10.1 Å². The number of carbonyl (C=O) groups is 1. The molecule has 0 spiro atoms. The summed E-state index contributed by atoms with van der Waals surface area (Å²) in [5, 5.41) is 2.62. The molecule has 34 heavy (non-hydrogen) atoms. The lowest BCUT2D eigenvalue weighted by Gasteiger charge is -2.41. The van der Waals surface area contributed by atoms with E-state index in [9.17, 15) is 26.4 Å². The van der Waals surface area contributed by atoms with Gasteiger partial charge in [-0.15, -0.1) is 0 Å². The Balaban J connectivity index is 1.91. The van der Waals surface area contributed by atoms with Crippen LogP contribution in [0.25, 0.3) is 0 Å². The van der Waals surface area contributed by atoms with E-state index in [0.717, 1.165) is 24.0 Å². The maximum absolute atomic E-state index is 13.2. The highest BCUT2D eigenvalue weighted by Crippen LogP contribution is 2.42. The molecule has 1 aliphatic rings. The molecule has 1 aliphatic heterocycles. The number of hydrogen-bond donors (Lipinski definition) is 1. The highest BCUT2D eigenvalue weighted by atomic mass is 35.5. The van der Waals surface area contributed by atoms with E-state index in [1.54, 1.807) is 12.1 Å². The van der Waals surface area contributed by atoms with Crippen molar-refractivity contribution in [2.45, 2.75) is 50.9 Å². The van der Waals surface area contributed by atoms with Gasteiger partial charge in [0.05, 0.1) is 28.6 Å². The van der Waals surface area contributed by atoms with Crippen molar-refractivity contribution in [2.75, 3.05) is 17.1 Å². The van der Waals surface area contributed by atoms with Crippen LogP contribution in [0.3, 0.4) is 0 Å². The third-order valence-corrected chi connectivity index (χ3v) is 7.50. The number of nitrogens with zero attached hydrogens (tertiary/aromatic N) is 1. The molecule has 6 nitrogen and oxygen atoms in total. The third kappa shape index (κ3) is 5.60. The molecule has 1 atom stereocenters. The first kappa shape index (κ1) is 26.2. The van der Waals surface area contributed by atoms with Crippen LogP contribution in [0.2, 0.25) is 5.02 Å². The summed E-state index contributed by atoms with van der Waals surface area (Å²) < 4.78 is 71.3. The number of hydrogen-bond acceptors (Lipinski definition) is 4. The molecule has 3 rings (SSSR count). The Morgan fingerprint density at radius 2 is 1.85 bits per heavy atom.